The number of carbonyl (C=O) groups is 1. The molecule has 1 saturated heterocycles. The van der Waals surface area contributed by atoms with Crippen LogP contribution in [0.5, 0.6) is 0 Å². The van der Waals surface area contributed by atoms with Crippen LogP contribution in [0, 0.1) is 17.7 Å². The van der Waals surface area contributed by atoms with Gasteiger partial charge in [-0.3, -0.25) is 9.20 Å². The van der Waals surface area contributed by atoms with Gasteiger partial charge in [0.05, 0.1) is 19.8 Å². The topological polar surface area (TPSA) is 56.1 Å². The third-order valence-corrected chi connectivity index (χ3v) is 4.60. The molecule has 4 rings (SSSR count). The molecule has 0 N–H and O–H groups in total. The van der Waals surface area contributed by atoms with E-state index in [-0.39, 0.29) is 24.9 Å². The standard InChI is InChI=1S/C22H20FN3O3/c23-18-7-4-17(5-8-18)6-9-20-19(24-21-3-1-2-10-26(20)21)15-29-16-22(27)25-11-13-28-14-12-25/h1-5,7-8,10H,11-16H2. The van der Waals surface area contributed by atoms with Crippen LogP contribution in [0.15, 0.2) is 48.7 Å². The lowest BCUT2D eigenvalue weighted by molar-refractivity contribution is -0.140. The Labute approximate surface area is 167 Å². The van der Waals surface area contributed by atoms with Crippen LogP contribution in [0.1, 0.15) is 17.0 Å². The summed E-state index contributed by atoms with van der Waals surface area (Å²) in [4.78, 5) is 18.6. The van der Waals surface area contributed by atoms with Crippen molar-refractivity contribution >= 4 is 11.6 Å². The molecule has 6 nitrogen and oxygen atoms in total. The smallest absolute Gasteiger partial charge is 0.248 e. The summed E-state index contributed by atoms with van der Waals surface area (Å²) in [7, 11) is 0. The molecule has 29 heavy (non-hydrogen) atoms. The Morgan fingerprint density at radius 3 is 2.72 bits per heavy atom. The number of pyridine rings is 1. The molecular weight excluding hydrogens is 373 g/mol. The molecule has 0 spiro atoms. The van der Waals surface area contributed by atoms with E-state index >= 15 is 0 Å². The zero-order valence-corrected chi connectivity index (χ0v) is 15.8. The van der Waals surface area contributed by atoms with Gasteiger partial charge >= 0.3 is 0 Å². The highest BCUT2D eigenvalue weighted by atomic mass is 19.1. The molecule has 0 bridgehead atoms. The van der Waals surface area contributed by atoms with E-state index in [9.17, 15) is 9.18 Å². The molecule has 1 aromatic carbocycles. The molecule has 148 valence electrons. The molecule has 2 aromatic heterocycles. The lowest BCUT2D eigenvalue weighted by Gasteiger charge is -2.26. The van der Waals surface area contributed by atoms with Crippen molar-refractivity contribution in [1.82, 2.24) is 14.3 Å². The van der Waals surface area contributed by atoms with Gasteiger partial charge in [-0.05, 0) is 42.3 Å². The maximum atomic E-state index is 13.1. The minimum atomic E-state index is -0.302. The van der Waals surface area contributed by atoms with Gasteiger partial charge in [0, 0.05) is 24.8 Å². The van der Waals surface area contributed by atoms with Gasteiger partial charge in [-0.25, -0.2) is 9.37 Å². The number of imidazole rings is 1. The normalized spacial score (nSPS) is 13.9. The number of rotatable bonds is 4. The minimum Gasteiger partial charge on any atom is -0.378 e. The number of ether oxygens (including phenoxy) is 2. The van der Waals surface area contributed by atoms with Gasteiger partial charge in [0.15, 0.2) is 0 Å². The number of amides is 1. The fourth-order valence-corrected chi connectivity index (χ4v) is 3.08. The second-order valence-electron chi connectivity index (χ2n) is 6.58. The van der Waals surface area contributed by atoms with Crippen LogP contribution in [-0.2, 0) is 20.9 Å². The number of hydrogen-bond donors (Lipinski definition) is 0. The first-order valence-corrected chi connectivity index (χ1v) is 9.37. The van der Waals surface area contributed by atoms with E-state index < -0.39 is 0 Å². The van der Waals surface area contributed by atoms with Crippen molar-refractivity contribution in [3.05, 3.63) is 71.4 Å². The van der Waals surface area contributed by atoms with E-state index in [1.807, 2.05) is 28.8 Å². The SMILES string of the molecule is O=C(COCc1nc2ccccn2c1C#Cc1ccc(F)cc1)N1CCOCC1. The van der Waals surface area contributed by atoms with E-state index in [4.69, 9.17) is 9.47 Å². The van der Waals surface area contributed by atoms with Crippen molar-refractivity contribution in [2.45, 2.75) is 6.61 Å². The highest BCUT2D eigenvalue weighted by Crippen LogP contribution is 2.13. The van der Waals surface area contributed by atoms with Crippen molar-refractivity contribution < 1.29 is 18.7 Å². The Morgan fingerprint density at radius 1 is 1.14 bits per heavy atom. The van der Waals surface area contributed by atoms with Crippen LogP contribution in [0.4, 0.5) is 4.39 Å². The summed E-state index contributed by atoms with van der Waals surface area (Å²) in [6.45, 7) is 2.45. The lowest BCUT2D eigenvalue weighted by atomic mass is 10.2. The monoisotopic (exact) mass is 393 g/mol. The number of hydrogen-bond acceptors (Lipinski definition) is 4. The highest BCUT2D eigenvalue weighted by molar-refractivity contribution is 5.77. The molecule has 0 aliphatic carbocycles. The fraction of sp³-hybridized carbons (Fsp3) is 0.273. The van der Waals surface area contributed by atoms with Crippen LogP contribution in [-0.4, -0.2) is 53.1 Å². The molecule has 1 amide bonds. The lowest BCUT2D eigenvalue weighted by Crippen LogP contribution is -2.42. The molecule has 0 unspecified atom stereocenters. The summed E-state index contributed by atoms with van der Waals surface area (Å²) in [6, 6.07) is 11.7. The van der Waals surface area contributed by atoms with Crippen LogP contribution in [0.25, 0.3) is 5.65 Å². The zero-order chi connectivity index (χ0) is 20.1. The van der Waals surface area contributed by atoms with Gasteiger partial charge in [-0.1, -0.05) is 12.0 Å². The van der Waals surface area contributed by atoms with Crippen molar-refractivity contribution in [2.24, 2.45) is 0 Å². The maximum Gasteiger partial charge on any atom is 0.248 e. The van der Waals surface area contributed by atoms with E-state index in [0.29, 0.717) is 43.3 Å². The molecule has 7 heteroatoms. The maximum absolute atomic E-state index is 13.1. The Kier molecular flexibility index (Phi) is 5.84. The van der Waals surface area contributed by atoms with Gasteiger partial charge in [0.25, 0.3) is 0 Å². The molecule has 0 radical (unpaired) electrons. The summed E-state index contributed by atoms with van der Waals surface area (Å²) < 4.78 is 25.9. The molecule has 0 saturated carbocycles. The summed E-state index contributed by atoms with van der Waals surface area (Å²) >= 11 is 0. The molecule has 3 heterocycles. The number of benzene rings is 1. The third-order valence-electron chi connectivity index (χ3n) is 4.60. The first kappa shape index (κ1) is 19.1. The van der Waals surface area contributed by atoms with Crippen LogP contribution in [0.3, 0.4) is 0 Å². The minimum absolute atomic E-state index is 0.0152. The largest absolute Gasteiger partial charge is 0.378 e. The van der Waals surface area contributed by atoms with Gasteiger partial charge in [-0.2, -0.15) is 0 Å². The number of fused-ring (bicyclic) bond motifs is 1. The highest BCUT2D eigenvalue weighted by Gasteiger charge is 2.17. The Balaban J connectivity index is 1.51. The second kappa shape index (κ2) is 8.86. The van der Waals surface area contributed by atoms with E-state index in [0.717, 1.165) is 5.65 Å². The molecule has 0 atom stereocenters. The van der Waals surface area contributed by atoms with Gasteiger partial charge in [0.2, 0.25) is 5.91 Å². The third kappa shape index (κ3) is 4.62. The first-order chi connectivity index (χ1) is 14.2. The summed E-state index contributed by atoms with van der Waals surface area (Å²) in [5.74, 6) is 5.78. The quantitative estimate of drug-likeness (QED) is 0.638. The zero-order valence-electron chi connectivity index (χ0n) is 15.8. The van der Waals surface area contributed by atoms with Crippen LogP contribution in [0.2, 0.25) is 0 Å². The Bertz CT molecular complexity index is 1060. The average molecular weight is 393 g/mol. The molecular formula is C22H20FN3O3. The van der Waals surface area contributed by atoms with Gasteiger partial charge in [0.1, 0.15) is 29.5 Å². The fourth-order valence-electron chi connectivity index (χ4n) is 3.08. The van der Waals surface area contributed by atoms with Crippen molar-refractivity contribution in [3.8, 4) is 11.8 Å². The van der Waals surface area contributed by atoms with Crippen LogP contribution < -0.4 is 0 Å². The van der Waals surface area contributed by atoms with Gasteiger partial charge < -0.3 is 14.4 Å². The number of morpholine rings is 1. The number of halogens is 1. The van der Waals surface area contributed by atoms with Crippen molar-refractivity contribution in [2.75, 3.05) is 32.9 Å². The molecule has 1 fully saturated rings. The molecule has 1 aliphatic heterocycles. The van der Waals surface area contributed by atoms with Gasteiger partial charge in [-0.15, -0.1) is 0 Å². The summed E-state index contributed by atoms with van der Waals surface area (Å²) in [6.07, 6.45) is 1.87. The van der Waals surface area contributed by atoms with Crippen LogP contribution >= 0.6 is 0 Å². The number of carbonyl (C=O) groups excluding carboxylic acids is 1. The van der Waals surface area contributed by atoms with E-state index in [1.165, 1.54) is 12.1 Å². The summed E-state index contributed by atoms with van der Waals surface area (Å²) in [5, 5.41) is 0. The Morgan fingerprint density at radius 2 is 1.93 bits per heavy atom. The predicted molar refractivity (Wildman–Crippen MR) is 105 cm³/mol. The molecule has 1 aliphatic rings. The Hall–Kier alpha value is -3.21. The van der Waals surface area contributed by atoms with E-state index in [1.54, 1.807) is 17.0 Å². The average Bonchev–Trinajstić information content (AvgIpc) is 3.11. The predicted octanol–water partition coefficient (Wildman–Crippen LogP) is 2.25. The van der Waals surface area contributed by atoms with E-state index in [2.05, 4.69) is 16.8 Å². The summed E-state index contributed by atoms with van der Waals surface area (Å²) in [5.41, 5.74) is 2.78. The number of aromatic nitrogens is 2. The molecule has 3 aromatic rings. The van der Waals surface area contributed by atoms with Crippen molar-refractivity contribution in [1.29, 1.82) is 0 Å². The van der Waals surface area contributed by atoms with Crippen molar-refractivity contribution in [3.63, 3.8) is 0 Å². The first-order valence-electron chi connectivity index (χ1n) is 9.37. The second-order valence-corrected chi connectivity index (χ2v) is 6.58. The number of nitrogens with zero attached hydrogens (tertiary/aromatic N) is 3.